The first-order chi connectivity index (χ1) is 16.4. The third kappa shape index (κ3) is 3.69. The zero-order chi connectivity index (χ0) is 24.0. The van der Waals surface area contributed by atoms with E-state index in [2.05, 4.69) is 4.90 Å². The standard InChI is InChI=1S/C24H20Cl2N4O4/c1-33-21-11-14-9-10-28-23(18-8-3-15(25)12-20(18)26)27-29(24(28)19(14)13-22(21)34-2)16-4-6-17(7-5-16)30(31)32/h3-8,11-13,24H,9-10H2,1-2H3. The smallest absolute Gasteiger partial charge is 0.269 e. The van der Waals surface area contributed by atoms with Crippen molar-refractivity contribution in [1.29, 1.82) is 0 Å². The van der Waals surface area contributed by atoms with Crippen molar-refractivity contribution >= 4 is 40.4 Å². The van der Waals surface area contributed by atoms with Crippen LogP contribution in [0.3, 0.4) is 0 Å². The number of nitro benzene ring substituents is 1. The number of amidine groups is 1. The molecule has 2 heterocycles. The third-order valence-corrected chi connectivity index (χ3v) is 6.59. The number of ether oxygens (including phenoxy) is 2. The van der Waals surface area contributed by atoms with Gasteiger partial charge in [-0.15, -0.1) is 0 Å². The molecule has 10 heteroatoms. The van der Waals surface area contributed by atoms with Crippen LogP contribution in [-0.2, 0) is 6.42 Å². The molecular weight excluding hydrogens is 479 g/mol. The summed E-state index contributed by atoms with van der Waals surface area (Å²) >= 11 is 12.7. The van der Waals surface area contributed by atoms with Gasteiger partial charge >= 0.3 is 0 Å². The summed E-state index contributed by atoms with van der Waals surface area (Å²) in [4.78, 5) is 12.9. The molecule has 0 N–H and O–H groups in total. The second kappa shape index (κ2) is 8.70. The summed E-state index contributed by atoms with van der Waals surface area (Å²) in [6.07, 6.45) is 0.469. The van der Waals surface area contributed by atoms with Gasteiger partial charge in [0.1, 0.15) is 0 Å². The monoisotopic (exact) mass is 498 g/mol. The highest BCUT2D eigenvalue weighted by atomic mass is 35.5. The van der Waals surface area contributed by atoms with E-state index in [1.807, 2.05) is 23.2 Å². The minimum atomic E-state index is -0.421. The van der Waals surface area contributed by atoms with E-state index >= 15 is 0 Å². The number of hydrogen-bond acceptors (Lipinski definition) is 7. The second-order valence-electron chi connectivity index (χ2n) is 7.89. The number of nitrogens with zero attached hydrogens (tertiary/aromatic N) is 4. The highest BCUT2D eigenvalue weighted by Crippen LogP contribution is 2.45. The molecule has 0 fully saturated rings. The molecule has 5 rings (SSSR count). The predicted molar refractivity (Wildman–Crippen MR) is 131 cm³/mol. The minimum Gasteiger partial charge on any atom is -0.493 e. The fourth-order valence-electron chi connectivity index (χ4n) is 4.43. The summed E-state index contributed by atoms with van der Waals surface area (Å²) in [5.74, 6) is 1.98. The number of methoxy groups -OCH3 is 2. The van der Waals surface area contributed by atoms with Crippen molar-refractivity contribution in [1.82, 2.24) is 4.90 Å². The summed E-state index contributed by atoms with van der Waals surface area (Å²) in [5, 5.41) is 19.0. The van der Waals surface area contributed by atoms with Gasteiger partial charge in [-0.2, -0.15) is 5.10 Å². The summed E-state index contributed by atoms with van der Waals surface area (Å²) in [6.45, 7) is 0.689. The van der Waals surface area contributed by atoms with Crippen LogP contribution in [0.4, 0.5) is 11.4 Å². The molecular formula is C24H20Cl2N4O4. The van der Waals surface area contributed by atoms with Gasteiger partial charge in [-0.05, 0) is 54.4 Å². The first-order valence-corrected chi connectivity index (χ1v) is 11.3. The van der Waals surface area contributed by atoms with Gasteiger partial charge in [0, 0.05) is 34.8 Å². The van der Waals surface area contributed by atoms with Crippen LogP contribution >= 0.6 is 23.2 Å². The molecule has 3 aromatic carbocycles. The summed E-state index contributed by atoms with van der Waals surface area (Å²) < 4.78 is 11.1. The van der Waals surface area contributed by atoms with Crippen LogP contribution in [0.2, 0.25) is 10.0 Å². The van der Waals surface area contributed by atoms with Crippen molar-refractivity contribution in [2.24, 2.45) is 5.10 Å². The summed E-state index contributed by atoms with van der Waals surface area (Å²) in [7, 11) is 3.21. The fourth-order valence-corrected chi connectivity index (χ4v) is 4.92. The lowest BCUT2D eigenvalue weighted by molar-refractivity contribution is -0.384. The molecule has 0 saturated heterocycles. The van der Waals surface area contributed by atoms with E-state index in [0.717, 1.165) is 23.1 Å². The van der Waals surface area contributed by atoms with E-state index in [0.29, 0.717) is 39.6 Å². The van der Waals surface area contributed by atoms with Crippen molar-refractivity contribution in [3.63, 3.8) is 0 Å². The van der Waals surface area contributed by atoms with Crippen molar-refractivity contribution in [2.45, 2.75) is 12.6 Å². The van der Waals surface area contributed by atoms with Gasteiger partial charge in [0.25, 0.3) is 5.69 Å². The van der Waals surface area contributed by atoms with Crippen LogP contribution < -0.4 is 14.5 Å². The number of fused-ring (bicyclic) bond motifs is 3. The molecule has 0 bridgehead atoms. The number of non-ortho nitro benzene ring substituents is 1. The van der Waals surface area contributed by atoms with Crippen LogP contribution in [0.15, 0.2) is 59.7 Å². The molecule has 3 aromatic rings. The van der Waals surface area contributed by atoms with E-state index in [1.165, 1.54) is 12.1 Å². The zero-order valence-corrected chi connectivity index (χ0v) is 19.9. The lowest BCUT2D eigenvalue weighted by Crippen LogP contribution is -2.40. The number of rotatable bonds is 5. The Hall–Kier alpha value is -3.49. The van der Waals surface area contributed by atoms with E-state index in [-0.39, 0.29) is 11.9 Å². The van der Waals surface area contributed by atoms with Gasteiger partial charge in [0.2, 0.25) is 0 Å². The van der Waals surface area contributed by atoms with Gasteiger partial charge in [0.15, 0.2) is 23.5 Å². The average molecular weight is 499 g/mol. The molecule has 0 spiro atoms. The number of hydrogen-bond donors (Lipinski definition) is 0. The number of hydrazone groups is 1. The van der Waals surface area contributed by atoms with E-state index in [9.17, 15) is 10.1 Å². The quantitative estimate of drug-likeness (QED) is 0.333. The van der Waals surface area contributed by atoms with E-state index in [1.54, 1.807) is 38.5 Å². The van der Waals surface area contributed by atoms with Gasteiger partial charge in [-0.25, -0.2) is 5.01 Å². The molecule has 2 aliphatic rings. The minimum absolute atomic E-state index is 0.0141. The van der Waals surface area contributed by atoms with Crippen LogP contribution in [-0.4, -0.2) is 36.4 Å². The fraction of sp³-hybridized carbons (Fsp3) is 0.208. The Morgan fingerprint density at radius 2 is 1.74 bits per heavy atom. The number of nitro groups is 1. The average Bonchev–Trinajstić information content (AvgIpc) is 3.23. The van der Waals surface area contributed by atoms with Crippen molar-refractivity contribution in [2.75, 3.05) is 25.8 Å². The number of halogens is 2. The Kier molecular flexibility index (Phi) is 5.71. The maximum Gasteiger partial charge on any atom is 0.269 e. The Bertz CT molecular complexity index is 1310. The Labute approximate surface area is 206 Å². The van der Waals surface area contributed by atoms with Crippen molar-refractivity contribution in [3.05, 3.63) is 91.4 Å². The SMILES string of the molecule is COc1cc2c(cc1OC)C1N(CC2)C(c2ccc(Cl)cc2Cl)=NN1c1ccc([N+](=O)[O-])cc1. The number of anilines is 1. The number of benzene rings is 3. The molecule has 0 amide bonds. The Morgan fingerprint density at radius 1 is 1.03 bits per heavy atom. The van der Waals surface area contributed by atoms with Crippen LogP contribution in [0.25, 0.3) is 0 Å². The third-order valence-electron chi connectivity index (χ3n) is 6.04. The Morgan fingerprint density at radius 3 is 2.38 bits per heavy atom. The lowest BCUT2D eigenvalue weighted by Gasteiger charge is -2.37. The highest BCUT2D eigenvalue weighted by Gasteiger charge is 2.41. The maximum atomic E-state index is 11.2. The molecule has 0 aliphatic carbocycles. The molecule has 174 valence electrons. The molecule has 1 unspecified atom stereocenters. The topological polar surface area (TPSA) is 80.4 Å². The maximum absolute atomic E-state index is 11.2. The van der Waals surface area contributed by atoms with Crippen LogP contribution in [0, 0.1) is 10.1 Å². The van der Waals surface area contributed by atoms with E-state index in [4.69, 9.17) is 37.8 Å². The highest BCUT2D eigenvalue weighted by molar-refractivity contribution is 6.37. The van der Waals surface area contributed by atoms with Crippen molar-refractivity contribution in [3.8, 4) is 11.5 Å². The first-order valence-electron chi connectivity index (χ1n) is 10.5. The molecule has 1 atom stereocenters. The van der Waals surface area contributed by atoms with Gasteiger partial charge in [-0.1, -0.05) is 23.2 Å². The van der Waals surface area contributed by atoms with Crippen molar-refractivity contribution < 1.29 is 14.4 Å². The largest absolute Gasteiger partial charge is 0.493 e. The Balaban J connectivity index is 1.66. The summed E-state index contributed by atoms with van der Waals surface area (Å²) in [5.41, 5.74) is 3.60. The van der Waals surface area contributed by atoms with Gasteiger partial charge in [0.05, 0.1) is 29.9 Å². The lowest BCUT2D eigenvalue weighted by atomic mass is 9.95. The molecule has 8 nitrogen and oxygen atoms in total. The first kappa shape index (κ1) is 22.3. The predicted octanol–water partition coefficient (Wildman–Crippen LogP) is 5.66. The zero-order valence-electron chi connectivity index (χ0n) is 18.4. The molecule has 0 saturated carbocycles. The summed E-state index contributed by atoms with van der Waals surface area (Å²) in [6, 6.07) is 15.6. The molecule has 2 aliphatic heterocycles. The molecule has 34 heavy (non-hydrogen) atoms. The van der Waals surface area contributed by atoms with E-state index < -0.39 is 4.92 Å². The molecule has 0 aromatic heterocycles. The molecule has 0 radical (unpaired) electrons. The van der Waals surface area contributed by atoms with Crippen LogP contribution in [0.1, 0.15) is 22.9 Å². The van der Waals surface area contributed by atoms with Gasteiger partial charge in [-0.3, -0.25) is 10.1 Å². The van der Waals surface area contributed by atoms with Gasteiger partial charge < -0.3 is 14.4 Å². The normalized spacial score (nSPS) is 16.6. The van der Waals surface area contributed by atoms with Crippen LogP contribution in [0.5, 0.6) is 11.5 Å². The second-order valence-corrected chi connectivity index (χ2v) is 8.73.